The molecule has 144 valence electrons. The number of ether oxygens (including phenoxy) is 1. The number of nitrogens with zero attached hydrogens (tertiary/aromatic N) is 1. The SMILES string of the molecule is CCNC(=NCC(=O)NC1CCCCC1)NCC1(CCO)CCOC1. The maximum atomic E-state index is 12.1. The summed E-state index contributed by atoms with van der Waals surface area (Å²) in [7, 11) is 0. The summed E-state index contributed by atoms with van der Waals surface area (Å²) in [5.41, 5.74) is -0.0463. The first-order valence-electron chi connectivity index (χ1n) is 9.67. The molecule has 1 amide bonds. The Bertz CT molecular complexity index is 430. The van der Waals surface area contributed by atoms with E-state index in [1.807, 2.05) is 6.92 Å². The minimum absolute atomic E-state index is 0.0154. The zero-order chi connectivity index (χ0) is 18.0. The van der Waals surface area contributed by atoms with E-state index in [0.717, 1.165) is 32.4 Å². The Labute approximate surface area is 151 Å². The third-order valence-electron chi connectivity index (χ3n) is 5.15. The lowest BCUT2D eigenvalue weighted by Crippen LogP contribution is -2.45. The monoisotopic (exact) mass is 354 g/mol. The van der Waals surface area contributed by atoms with E-state index >= 15 is 0 Å². The van der Waals surface area contributed by atoms with Crippen LogP contribution in [0.4, 0.5) is 0 Å². The predicted octanol–water partition coefficient (Wildman–Crippen LogP) is 0.780. The molecule has 0 aromatic rings. The van der Waals surface area contributed by atoms with Crippen LogP contribution >= 0.6 is 0 Å². The van der Waals surface area contributed by atoms with E-state index in [1.54, 1.807) is 0 Å². The van der Waals surface area contributed by atoms with E-state index in [-0.39, 0.29) is 24.5 Å². The second kappa shape index (κ2) is 10.6. The minimum Gasteiger partial charge on any atom is -0.396 e. The third-order valence-corrected chi connectivity index (χ3v) is 5.15. The Morgan fingerprint density at radius 1 is 1.28 bits per heavy atom. The molecule has 1 heterocycles. The van der Waals surface area contributed by atoms with Crippen LogP contribution < -0.4 is 16.0 Å². The van der Waals surface area contributed by atoms with Crippen LogP contribution in [0.1, 0.15) is 51.9 Å². The number of guanidine groups is 1. The molecule has 2 aliphatic rings. The van der Waals surface area contributed by atoms with Crippen LogP contribution in [0, 0.1) is 5.41 Å². The van der Waals surface area contributed by atoms with Crippen molar-refractivity contribution in [2.45, 2.75) is 57.9 Å². The van der Waals surface area contributed by atoms with Crippen LogP contribution in [0.25, 0.3) is 0 Å². The van der Waals surface area contributed by atoms with Gasteiger partial charge in [0.1, 0.15) is 6.54 Å². The van der Waals surface area contributed by atoms with Gasteiger partial charge in [-0.2, -0.15) is 0 Å². The number of aliphatic hydroxyl groups excluding tert-OH is 1. The summed E-state index contributed by atoms with van der Waals surface area (Å²) in [5, 5.41) is 18.9. The Balaban J connectivity index is 1.81. The molecule has 0 radical (unpaired) electrons. The van der Waals surface area contributed by atoms with Crippen LogP contribution in [0.5, 0.6) is 0 Å². The second-order valence-corrected chi connectivity index (χ2v) is 7.23. The quantitative estimate of drug-likeness (QED) is 0.382. The second-order valence-electron chi connectivity index (χ2n) is 7.23. The Kier molecular flexibility index (Phi) is 8.48. The largest absolute Gasteiger partial charge is 0.396 e. The summed E-state index contributed by atoms with van der Waals surface area (Å²) in [5.74, 6) is 0.629. The molecular weight excluding hydrogens is 320 g/mol. The highest BCUT2D eigenvalue weighted by molar-refractivity contribution is 5.85. The highest BCUT2D eigenvalue weighted by Gasteiger charge is 2.34. The standard InChI is InChI=1S/C18H34N4O3/c1-2-19-17(21-13-18(8-10-23)9-11-25-14-18)20-12-16(24)22-15-6-4-3-5-7-15/h15,23H,2-14H2,1H3,(H,22,24)(H2,19,20,21). The van der Waals surface area contributed by atoms with Gasteiger partial charge in [-0.1, -0.05) is 19.3 Å². The molecule has 1 unspecified atom stereocenters. The lowest BCUT2D eigenvalue weighted by molar-refractivity contribution is -0.120. The number of amides is 1. The van der Waals surface area contributed by atoms with E-state index in [9.17, 15) is 9.90 Å². The first kappa shape index (κ1) is 20.0. The van der Waals surface area contributed by atoms with Crippen LogP contribution in [0.3, 0.4) is 0 Å². The van der Waals surface area contributed by atoms with Gasteiger partial charge in [-0.15, -0.1) is 0 Å². The molecule has 4 N–H and O–H groups in total. The number of nitrogens with one attached hydrogen (secondary N) is 3. The molecule has 1 saturated heterocycles. The van der Waals surface area contributed by atoms with E-state index in [2.05, 4.69) is 20.9 Å². The minimum atomic E-state index is -0.0463. The van der Waals surface area contributed by atoms with Gasteiger partial charge in [0.2, 0.25) is 5.91 Å². The van der Waals surface area contributed by atoms with Gasteiger partial charge < -0.3 is 25.8 Å². The van der Waals surface area contributed by atoms with Gasteiger partial charge in [0.25, 0.3) is 0 Å². The topological polar surface area (TPSA) is 95.0 Å². The molecule has 0 aromatic carbocycles. The molecule has 0 spiro atoms. The number of aliphatic imine (C=N–C) groups is 1. The summed E-state index contributed by atoms with van der Waals surface area (Å²) in [6, 6.07) is 0.315. The van der Waals surface area contributed by atoms with Crippen molar-refractivity contribution in [1.29, 1.82) is 0 Å². The lowest BCUT2D eigenvalue weighted by Gasteiger charge is -2.27. The highest BCUT2D eigenvalue weighted by Crippen LogP contribution is 2.31. The van der Waals surface area contributed by atoms with Gasteiger partial charge in [0.05, 0.1) is 6.61 Å². The Hall–Kier alpha value is -1.34. The number of carbonyl (C=O) groups is 1. The predicted molar refractivity (Wildman–Crippen MR) is 98.6 cm³/mol. The fourth-order valence-electron chi connectivity index (χ4n) is 3.60. The molecular formula is C18H34N4O3. The lowest BCUT2D eigenvalue weighted by atomic mass is 9.84. The van der Waals surface area contributed by atoms with E-state index in [0.29, 0.717) is 31.6 Å². The van der Waals surface area contributed by atoms with Crippen molar-refractivity contribution in [3.8, 4) is 0 Å². The summed E-state index contributed by atoms with van der Waals surface area (Å²) in [4.78, 5) is 16.5. The first-order chi connectivity index (χ1) is 12.2. The summed E-state index contributed by atoms with van der Waals surface area (Å²) in [6.07, 6.45) is 7.48. The van der Waals surface area contributed by atoms with Gasteiger partial charge >= 0.3 is 0 Å². The van der Waals surface area contributed by atoms with Gasteiger partial charge in [-0.05, 0) is 32.6 Å². The number of rotatable bonds is 8. The van der Waals surface area contributed by atoms with Crippen molar-refractivity contribution in [2.24, 2.45) is 10.4 Å². The zero-order valence-electron chi connectivity index (χ0n) is 15.5. The Morgan fingerprint density at radius 3 is 2.72 bits per heavy atom. The number of carbonyl (C=O) groups excluding carboxylic acids is 1. The van der Waals surface area contributed by atoms with Crippen molar-refractivity contribution < 1.29 is 14.6 Å². The van der Waals surface area contributed by atoms with Crippen molar-refractivity contribution in [3.05, 3.63) is 0 Å². The molecule has 25 heavy (non-hydrogen) atoms. The highest BCUT2D eigenvalue weighted by atomic mass is 16.5. The molecule has 1 saturated carbocycles. The molecule has 7 nitrogen and oxygen atoms in total. The van der Waals surface area contributed by atoms with Crippen molar-refractivity contribution in [1.82, 2.24) is 16.0 Å². The third kappa shape index (κ3) is 6.82. The van der Waals surface area contributed by atoms with Crippen LogP contribution in [0.2, 0.25) is 0 Å². The molecule has 0 aromatic heterocycles. The fraction of sp³-hybridized carbons (Fsp3) is 0.889. The molecule has 1 aliphatic heterocycles. The molecule has 2 fully saturated rings. The maximum absolute atomic E-state index is 12.1. The van der Waals surface area contributed by atoms with Crippen LogP contribution in [-0.4, -0.2) is 62.5 Å². The smallest absolute Gasteiger partial charge is 0.242 e. The molecule has 0 bridgehead atoms. The average molecular weight is 354 g/mol. The summed E-state index contributed by atoms with van der Waals surface area (Å²) >= 11 is 0. The molecule has 2 rings (SSSR count). The molecule has 1 aliphatic carbocycles. The number of hydrogen-bond donors (Lipinski definition) is 4. The summed E-state index contributed by atoms with van der Waals surface area (Å²) in [6.45, 7) is 5.10. The molecule has 1 atom stereocenters. The van der Waals surface area contributed by atoms with E-state index in [4.69, 9.17) is 4.74 Å². The van der Waals surface area contributed by atoms with Crippen LogP contribution in [-0.2, 0) is 9.53 Å². The van der Waals surface area contributed by atoms with Gasteiger partial charge in [0, 0.05) is 37.8 Å². The average Bonchev–Trinajstić information content (AvgIpc) is 3.07. The Morgan fingerprint density at radius 2 is 2.08 bits per heavy atom. The molecule has 7 heteroatoms. The van der Waals surface area contributed by atoms with E-state index < -0.39 is 0 Å². The number of hydrogen-bond acceptors (Lipinski definition) is 4. The van der Waals surface area contributed by atoms with E-state index in [1.165, 1.54) is 19.3 Å². The van der Waals surface area contributed by atoms with Gasteiger partial charge in [-0.25, -0.2) is 4.99 Å². The van der Waals surface area contributed by atoms with Gasteiger partial charge in [-0.3, -0.25) is 4.79 Å². The maximum Gasteiger partial charge on any atom is 0.242 e. The zero-order valence-corrected chi connectivity index (χ0v) is 15.5. The van der Waals surface area contributed by atoms with Crippen molar-refractivity contribution >= 4 is 11.9 Å². The fourth-order valence-corrected chi connectivity index (χ4v) is 3.60. The van der Waals surface area contributed by atoms with Gasteiger partial charge in [0.15, 0.2) is 5.96 Å². The summed E-state index contributed by atoms with van der Waals surface area (Å²) < 4.78 is 5.51. The van der Waals surface area contributed by atoms with Crippen LogP contribution in [0.15, 0.2) is 4.99 Å². The first-order valence-corrected chi connectivity index (χ1v) is 9.67. The van der Waals surface area contributed by atoms with Crippen molar-refractivity contribution in [2.75, 3.05) is 39.5 Å². The van der Waals surface area contributed by atoms with Crippen molar-refractivity contribution in [3.63, 3.8) is 0 Å². The normalized spacial score (nSPS) is 25.0. The number of aliphatic hydroxyl groups is 1.